The quantitative estimate of drug-likeness (QED) is 0.829. The van der Waals surface area contributed by atoms with E-state index in [9.17, 15) is 0 Å². The molecule has 0 aliphatic heterocycles. The number of aryl methyl sites for hydroxylation is 1. The zero-order valence-electron chi connectivity index (χ0n) is 10.8. The molecule has 0 unspecified atom stereocenters. The summed E-state index contributed by atoms with van der Waals surface area (Å²) in [5, 5.41) is 0. The number of hydrogen-bond acceptors (Lipinski definition) is 3. The molecule has 0 saturated carbocycles. The molecular weight excluding hydrogens is 198 g/mol. The number of nitrogens with zero attached hydrogens (tertiary/aromatic N) is 2. The maximum atomic E-state index is 5.66. The predicted octanol–water partition coefficient (Wildman–Crippen LogP) is 2.33. The number of nitrogens with two attached hydrogens (primary N) is 1. The van der Waals surface area contributed by atoms with Crippen molar-refractivity contribution in [3.05, 3.63) is 23.4 Å². The van der Waals surface area contributed by atoms with Gasteiger partial charge in [0.05, 0.1) is 0 Å². The minimum absolute atomic E-state index is 0.578. The van der Waals surface area contributed by atoms with E-state index in [1.165, 1.54) is 6.42 Å². The first kappa shape index (κ1) is 13.0. The number of anilines is 1. The summed E-state index contributed by atoms with van der Waals surface area (Å²) in [6.45, 7) is 8.11. The van der Waals surface area contributed by atoms with Gasteiger partial charge >= 0.3 is 0 Å². The molecule has 0 aliphatic rings. The summed E-state index contributed by atoms with van der Waals surface area (Å²) in [7, 11) is 2.09. The molecule has 3 heteroatoms. The summed E-state index contributed by atoms with van der Waals surface area (Å²) >= 11 is 0. The van der Waals surface area contributed by atoms with Gasteiger partial charge in [0.2, 0.25) is 0 Å². The van der Waals surface area contributed by atoms with E-state index in [0.29, 0.717) is 6.54 Å². The second-order valence-corrected chi connectivity index (χ2v) is 4.78. The van der Waals surface area contributed by atoms with Gasteiger partial charge in [-0.3, -0.25) is 0 Å². The fourth-order valence-corrected chi connectivity index (χ4v) is 1.60. The Morgan fingerprint density at radius 1 is 1.38 bits per heavy atom. The van der Waals surface area contributed by atoms with Gasteiger partial charge in [-0.05, 0) is 37.0 Å². The molecule has 0 amide bonds. The molecule has 1 heterocycles. The first-order valence-corrected chi connectivity index (χ1v) is 5.91. The Morgan fingerprint density at radius 2 is 2.06 bits per heavy atom. The van der Waals surface area contributed by atoms with Crippen molar-refractivity contribution in [2.45, 2.75) is 33.7 Å². The molecule has 1 aromatic rings. The third kappa shape index (κ3) is 3.81. The molecule has 0 aromatic carbocycles. The standard InChI is InChI=1S/C13H23N3/c1-10(2)5-6-16(4)13-8-12(9-14)7-11(3)15-13/h7-8,10H,5-6,9,14H2,1-4H3. The summed E-state index contributed by atoms with van der Waals surface area (Å²) in [6.07, 6.45) is 1.18. The Hall–Kier alpha value is -1.09. The summed E-state index contributed by atoms with van der Waals surface area (Å²) in [5.74, 6) is 1.75. The Morgan fingerprint density at radius 3 is 2.62 bits per heavy atom. The lowest BCUT2D eigenvalue weighted by molar-refractivity contribution is 0.583. The number of rotatable bonds is 5. The number of pyridine rings is 1. The van der Waals surface area contributed by atoms with Crippen LogP contribution in [0.3, 0.4) is 0 Å². The molecule has 90 valence electrons. The summed E-state index contributed by atoms with van der Waals surface area (Å²) in [4.78, 5) is 6.73. The molecular formula is C13H23N3. The van der Waals surface area contributed by atoms with Crippen molar-refractivity contribution in [1.29, 1.82) is 0 Å². The minimum atomic E-state index is 0.578. The third-order valence-corrected chi connectivity index (χ3v) is 2.67. The fraction of sp³-hybridized carbons (Fsp3) is 0.615. The monoisotopic (exact) mass is 221 g/mol. The average Bonchev–Trinajstić information content (AvgIpc) is 2.24. The molecule has 3 nitrogen and oxygen atoms in total. The molecule has 0 fully saturated rings. The first-order chi connectivity index (χ1) is 7.52. The Bertz CT molecular complexity index is 334. The molecule has 0 atom stereocenters. The fourth-order valence-electron chi connectivity index (χ4n) is 1.60. The Kier molecular flexibility index (Phi) is 4.74. The van der Waals surface area contributed by atoms with Crippen LogP contribution in [0, 0.1) is 12.8 Å². The van der Waals surface area contributed by atoms with E-state index in [2.05, 4.69) is 36.8 Å². The van der Waals surface area contributed by atoms with E-state index in [1.54, 1.807) is 0 Å². The van der Waals surface area contributed by atoms with E-state index in [-0.39, 0.29) is 0 Å². The first-order valence-electron chi connectivity index (χ1n) is 5.91. The second kappa shape index (κ2) is 5.85. The molecule has 0 saturated heterocycles. The molecule has 0 radical (unpaired) electrons. The zero-order chi connectivity index (χ0) is 12.1. The molecule has 0 aliphatic carbocycles. The van der Waals surface area contributed by atoms with Gasteiger partial charge in [0.25, 0.3) is 0 Å². The second-order valence-electron chi connectivity index (χ2n) is 4.78. The number of hydrogen-bond donors (Lipinski definition) is 1. The highest BCUT2D eigenvalue weighted by atomic mass is 15.2. The van der Waals surface area contributed by atoms with E-state index >= 15 is 0 Å². The van der Waals surface area contributed by atoms with Crippen LogP contribution in [0.2, 0.25) is 0 Å². The lowest BCUT2D eigenvalue weighted by atomic mass is 10.1. The van der Waals surface area contributed by atoms with E-state index in [0.717, 1.165) is 29.5 Å². The Balaban J connectivity index is 2.74. The van der Waals surface area contributed by atoms with Crippen LogP contribution >= 0.6 is 0 Å². The van der Waals surface area contributed by atoms with Gasteiger partial charge in [-0.1, -0.05) is 13.8 Å². The third-order valence-electron chi connectivity index (χ3n) is 2.67. The van der Waals surface area contributed by atoms with Crippen molar-refractivity contribution in [1.82, 2.24) is 4.98 Å². The smallest absolute Gasteiger partial charge is 0.128 e. The van der Waals surface area contributed by atoms with Crippen LogP contribution in [-0.4, -0.2) is 18.6 Å². The van der Waals surface area contributed by atoms with Gasteiger partial charge < -0.3 is 10.6 Å². The van der Waals surface area contributed by atoms with Crippen LogP contribution in [0.25, 0.3) is 0 Å². The number of aromatic nitrogens is 1. The van der Waals surface area contributed by atoms with Crippen LogP contribution in [0.5, 0.6) is 0 Å². The Labute approximate surface area is 98.7 Å². The van der Waals surface area contributed by atoms with Crippen molar-refractivity contribution >= 4 is 5.82 Å². The predicted molar refractivity (Wildman–Crippen MR) is 69.6 cm³/mol. The SMILES string of the molecule is Cc1cc(CN)cc(N(C)CCC(C)C)n1. The van der Waals surface area contributed by atoms with Crippen molar-refractivity contribution < 1.29 is 0 Å². The topological polar surface area (TPSA) is 42.1 Å². The van der Waals surface area contributed by atoms with Gasteiger partial charge in [0.15, 0.2) is 0 Å². The van der Waals surface area contributed by atoms with Gasteiger partial charge in [-0.2, -0.15) is 0 Å². The average molecular weight is 221 g/mol. The molecule has 1 aromatic heterocycles. The van der Waals surface area contributed by atoms with Crippen molar-refractivity contribution in [3.63, 3.8) is 0 Å². The van der Waals surface area contributed by atoms with Gasteiger partial charge in [-0.15, -0.1) is 0 Å². The van der Waals surface area contributed by atoms with Crippen molar-refractivity contribution in [2.75, 3.05) is 18.5 Å². The van der Waals surface area contributed by atoms with Crippen molar-refractivity contribution in [2.24, 2.45) is 11.7 Å². The normalized spacial score (nSPS) is 10.9. The van der Waals surface area contributed by atoms with E-state index in [1.807, 2.05) is 13.0 Å². The lowest BCUT2D eigenvalue weighted by Crippen LogP contribution is -2.21. The molecule has 0 bridgehead atoms. The van der Waals surface area contributed by atoms with Crippen LogP contribution < -0.4 is 10.6 Å². The van der Waals surface area contributed by atoms with Crippen LogP contribution in [-0.2, 0) is 6.54 Å². The van der Waals surface area contributed by atoms with E-state index < -0.39 is 0 Å². The lowest BCUT2D eigenvalue weighted by Gasteiger charge is -2.20. The van der Waals surface area contributed by atoms with Gasteiger partial charge in [-0.25, -0.2) is 4.98 Å². The highest BCUT2D eigenvalue weighted by molar-refractivity contribution is 5.41. The van der Waals surface area contributed by atoms with Crippen LogP contribution in [0.1, 0.15) is 31.5 Å². The van der Waals surface area contributed by atoms with Gasteiger partial charge in [0, 0.05) is 25.8 Å². The maximum absolute atomic E-state index is 5.66. The molecule has 2 N–H and O–H groups in total. The van der Waals surface area contributed by atoms with Crippen LogP contribution in [0.4, 0.5) is 5.82 Å². The zero-order valence-corrected chi connectivity index (χ0v) is 10.8. The van der Waals surface area contributed by atoms with Gasteiger partial charge in [0.1, 0.15) is 5.82 Å². The maximum Gasteiger partial charge on any atom is 0.128 e. The van der Waals surface area contributed by atoms with Crippen molar-refractivity contribution in [3.8, 4) is 0 Å². The molecule has 1 rings (SSSR count). The highest BCUT2D eigenvalue weighted by Gasteiger charge is 2.05. The summed E-state index contributed by atoms with van der Waals surface area (Å²) < 4.78 is 0. The highest BCUT2D eigenvalue weighted by Crippen LogP contribution is 2.14. The minimum Gasteiger partial charge on any atom is -0.360 e. The van der Waals surface area contributed by atoms with E-state index in [4.69, 9.17) is 5.73 Å². The molecule has 0 spiro atoms. The summed E-state index contributed by atoms with van der Waals surface area (Å²) in [5.41, 5.74) is 7.85. The molecule has 16 heavy (non-hydrogen) atoms. The summed E-state index contributed by atoms with van der Waals surface area (Å²) in [6, 6.07) is 4.12. The largest absolute Gasteiger partial charge is 0.360 e. The van der Waals surface area contributed by atoms with Crippen LogP contribution in [0.15, 0.2) is 12.1 Å².